The minimum Gasteiger partial charge on any atom is -0.336 e. The van der Waals surface area contributed by atoms with Crippen LogP contribution >= 0.6 is 0 Å². The van der Waals surface area contributed by atoms with Crippen LogP contribution in [0, 0.1) is 6.92 Å². The predicted octanol–water partition coefficient (Wildman–Crippen LogP) is 18.4. The minimum atomic E-state index is -4.38. The highest BCUT2D eigenvalue weighted by Gasteiger charge is 2.42. The van der Waals surface area contributed by atoms with E-state index in [0.29, 0.717) is 0 Å². The first-order valence-electron chi connectivity index (χ1n) is 23.8. The molecule has 3 unspecified atom stereocenters. The molecule has 0 aliphatic rings. The van der Waals surface area contributed by atoms with E-state index in [2.05, 4.69) is 200 Å². The van der Waals surface area contributed by atoms with Gasteiger partial charge in [-0.1, -0.05) is 158 Å². The normalized spacial score (nSPS) is 14.4. The Balaban J connectivity index is 1.31. The van der Waals surface area contributed by atoms with Crippen LogP contribution in [-0.2, 0) is 11.6 Å². The molecule has 0 aromatic heterocycles. The first-order valence-corrected chi connectivity index (χ1v) is 23.8. The molecule has 0 spiro atoms. The van der Waals surface area contributed by atoms with Crippen LogP contribution in [0.5, 0.6) is 0 Å². The van der Waals surface area contributed by atoms with Gasteiger partial charge in [0, 0.05) is 34.2 Å². The number of benzene rings is 6. The summed E-state index contributed by atoms with van der Waals surface area (Å²) in [6, 6.07) is 50.6. The fraction of sp³-hybridized carbons (Fsp3) is 0.390. The number of rotatable bonds is 19. The third-order valence-electron chi connectivity index (χ3n) is 14.3. The quantitative estimate of drug-likeness (QED) is 0.0800. The van der Waals surface area contributed by atoms with E-state index in [-0.39, 0.29) is 22.4 Å². The largest absolute Gasteiger partial charge is 0.416 e. The monoisotopic (exact) mass is 865 g/mol. The zero-order valence-corrected chi connectivity index (χ0v) is 40.1. The van der Waals surface area contributed by atoms with Crippen molar-refractivity contribution in [1.29, 1.82) is 0 Å². The van der Waals surface area contributed by atoms with Gasteiger partial charge in [-0.3, -0.25) is 0 Å². The van der Waals surface area contributed by atoms with Crippen LogP contribution in [0.25, 0.3) is 22.3 Å². The number of anilines is 4. The van der Waals surface area contributed by atoms with Crippen LogP contribution in [0.15, 0.2) is 146 Å². The molecule has 2 nitrogen and oxygen atoms in total. The zero-order chi connectivity index (χ0) is 46.3. The Hall–Kier alpha value is -5.29. The van der Waals surface area contributed by atoms with E-state index in [0.717, 1.165) is 61.0 Å². The molecule has 0 aliphatic carbocycles. The Kier molecular flexibility index (Phi) is 15.3. The molecule has 0 radical (unpaired) electrons. The second kappa shape index (κ2) is 20.3. The second-order valence-electron chi connectivity index (χ2n) is 19.0. The molecule has 0 bridgehead atoms. The fourth-order valence-electron chi connectivity index (χ4n) is 10.3. The molecule has 3 atom stereocenters. The van der Waals surface area contributed by atoms with Crippen LogP contribution in [0.3, 0.4) is 0 Å². The summed E-state index contributed by atoms with van der Waals surface area (Å²) < 4.78 is 40.4. The van der Waals surface area contributed by atoms with Crippen molar-refractivity contribution in [3.63, 3.8) is 0 Å². The van der Waals surface area contributed by atoms with E-state index in [1.165, 1.54) is 64.2 Å². The molecule has 5 heteroatoms. The van der Waals surface area contributed by atoms with Gasteiger partial charge in [0.1, 0.15) is 0 Å². The van der Waals surface area contributed by atoms with E-state index < -0.39 is 11.7 Å². The molecule has 0 N–H and O–H groups in total. The van der Waals surface area contributed by atoms with E-state index in [4.69, 9.17) is 0 Å². The molecule has 0 heterocycles. The maximum absolute atomic E-state index is 13.5. The van der Waals surface area contributed by atoms with Gasteiger partial charge < -0.3 is 9.80 Å². The van der Waals surface area contributed by atoms with Crippen LogP contribution in [0.1, 0.15) is 142 Å². The van der Waals surface area contributed by atoms with Crippen molar-refractivity contribution in [2.75, 3.05) is 9.80 Å². The second-order valence-corrected chi connectivity index (χ2v) is 19.0. The van der Waals surface area contributed by atoms with Crippen molar-refractivity contribution in [3.05, 3.63) is 168 Å². The standard InChI is InChI=1S/C59H71F3N2/c1-11-40-56(8,9)63(53-38-30-51(31-39-53)59(60,61)62)52-34-24-48(25-35-52)46-20-18-45(19-21-46)44(7)58(15-5,42-13-3)64(54-32-16-43(6)17-33-54)55-36-26-49(27-37-55)47-22-28-50(29-23-47)57(10,14-4)41-12-2/h16-39,44H,11-15,40-42H2,1-10H3. The summed E-state index contributed by atoms with van der Waals surface area (Å²) >= 11 is 0. The summed E-state index contributed by atoms with van der Waals surface area (Å²) in [6.07, 6.45) is 3.98. The lowest BCUT2D eigenvalue weighted by atomic mass is 9.73. The number of aryl methyl sites for hydroxylation is 1. The van der Waals surface area contributed by atoms with Gasteiger partial charge in [0.05, 0.1) is 11.1 Å². The lowest BCUT2D eigenvalue weighted by Gasteiger charge is -2.49. The highest BCUT2D eigenvalue weighted by molar-refractivity contribution is 5.74. The van der Waals surface area contributed by atoms with Gasteiger partial charge in [0.25, 0.3) is 0 Å². The average molecular weight is 865 g/mol. The van der Waals surface area contributed by atoms with Crippen molar-refractivity contribution >= 4 is 22.7 Å². The molecule has 6 rings (SSSR count). The molecule has 64 heavy (non-hydrogen) atoms. The van der Waals surface area contributed by atoms with Gasteiger partial charge in [-0.05, 0) is 152 Å². The summed E-state index contributed by atoms with van der Waals surface area (Å²) in [4.78, 5) is 4.80. The van der Waals surface area contributed by atoms with Crippen molar-refractivity contribution in [2.45, 2.75) is 149 Å². The number of alkyl halides is 3. The molecule has 0 saturated carbocycles. The summed E-state index contributed by atoms with van der Waals surface area (Å²) in [5.74, 6) is 0.191. The summed E-state index contributed by atoms with van der Waals surface area (Å²) in [7, 11) is 0. The van der Waals surface area contributed by atoms with Gasteiger partial charge >= 0.3 is 6.18 Å². The lowest BCUT2D eigenvalue weighted by molar-refractivity contribution is -0.137. The molecular formula is C59H71F3N2. The highest BCUT2D eigenvalue weighted by Crippen LogP contribution is 2.48. The molecule has 0 amide bonds. The summed E-state index contributed by atoms with van der Waals surface area (Å²) in [6.45, 7) is 22.6. The Morgan fingerprint density at radius 3 is 1.22 bits per heavy atom. The van der Waals surface area contributed by atoms with Crippen LogP contribution in [0.2, 0.25) is 0 Å². The van der Waals surface area contributed by atoms with E-state index in [1.54, 1.807) is 12.1 Å². The van der Waals surface area contributed by atoms with Gasteiger partial charge in [0.2, 0.25) is 0 Å². The predicted molar refractivity (Wildman–Crippen MR) is 269 cm³/mol. The Labute approximate surface area is 383 Å². The minimum absolute atomic E-state index is 0.191. The summed E-state index contributed by atoms with van der Waals surface area (Å²) in [5, 5.41) is 0. The van der Waals surface area contributed by atoms with E-state index in [9.17, 15) is 13.2 Å². The maximum Gasteiger partial charge on any atom is 0.416 e. The average Bonchev–Trinajstić information content (AvgIpc) is 3.29. The van der Waals surface area contributed by atoms with Crippen molar-refractivity contribution < 1.29 is 13.2 Å². The van der Waals surface area contributed by atoms with Crippen molar-refractivity contribution in [1.82, 2.24) is 0 Å². The van der Waals surface area contributed by atoms with E-state index >= 15 is 0 Å². The number of hydrogen-bond acceptors (Lipinski definition) is 2. The zero-order valence-electron chi connectivity index (χ0n) is 40.1. The van der Waals surface area contributed by atoms with Gasteiger partial charge in [-0.25, -0.2) is 0 Å². The molecule has 6 aromatic rings. The Morgan fingerprint density at radius 1 is 0.438 bits per heavy atom. The smallest absolute Gasteiger partial charge is 0.336 e. The van der Waals surface area contributed by atoms with Crippen LogP contribution in [0.4, 0.5) is 35.9 Å². The third-order valence-corrected chi connectivity index (χ3v) is 14.3. The maximum atomic E-state index is 13.5. The van der Waals surface area contributed by atoms with Crippen molar-refractivity contribution in [3.8, 4) is 22.3 Å². The highest BCUT2D eigenvalue weighted by atomic mass is 19.4. The molecule has 0 fully saturated rings. The van der Waals surface area contributed by atoms with Gasteiger partial charge in [0.15, 0.2) is 0 Å². The summed E-state index contributed by atoms with van der Waals surface area (Å²) in [5.41, 5.74) is 11.7. The molecular weight excluding hydrogens is 794 g/mol. The van der Waals surface area contributed by atoms with Gasteiger partial charge in [-0.2, -0.15) is 13.2 Å². The number of halogens is 3. The molecule has 0 saturated heterocycles. The number of hydrogen-bond donors (Lipinski definition) is 0. The first-order chi connectivity index (χ1) is 30.5. The molecule has 0 aliphatic heterocycles. The number of nitrogens with zero attached hydrogens (tertiary/aromatic N) is 2. The third kappa shape index (κ3) is 10.3. The fourth-order valence-corrected chi connectivity index (χ4v) is 10.3. The van der Waals surface area contributed by atoms with Crippen molar-refractivity contribution in [2.24, 2.45) is 0 Å². The molecule has 338 valence electrons. The first kappa shape index (κ1) is 48.2. The van der Waals surface area contributed by atoms with E-state index in [1.807, 2.05) is 0 Å². The Bertz CT molecular complexity index is 2360. The van der Waals surface area contributed by atoms with Gasteiger partial charge in [-0.15, -0.1) is 0 Å². The van der Waals surface area contributed by atoms with Crippen LogP contribution < -0.4 is 9.80 Å². The SMILES string of the molecule is CCCC(C)(CC)c1ccc(-c2ccc(N(c3ccc(C)cc3)C(CC)(CCC)C(C)c3ccc(-c4ccc(N(c5ccc(C(F)(F)F)cc5)C(C)(C)CCC)cc4)cc3)cc2)cc1. The topological polar surface area (TPSA) is 6.48 Å². The Morgan fingerprint density at radius 2 is 0.812 bits per heavy atom. The molecule has 6 aromatic carbocycles. The lowest BCUT2D eigenvalue weighted by Crippen LogP contribution is -2.50. The van der Waals surface area contributed by atoms with Crippen LogP contribution in [-0.4, -0.2) is 11.1 Å².